The number of rotatable bonds is 5. The smallest absolute Gasteiger partial charge is 0.239 e. The number of hydrogen-bond donors (Lipinski definition) is 2. The lowest BCUT2D eigenvalue weighted by atomic mass is 10.1. The van der Waals surface area contributed by atoms with Gasteiger partial charge in [-0.15, -0.1) is 0 Å². The fourth-order valence-electron chi connectivity index (χ4n) is 2.17. The molecule has 5 nitrogen and oxygen atoms in total. The molecule has 1 fully saturated rings. The Labute approximate surface area is 116 Å². The molecule has 1 atom stereocenters. The zero-order valence-corrected chi connectivity index (χ0v) is 12.4. The highest BCUT2D eigenvalue weighted by atomic mass is 16.2. The average molecular weight is 269 g/mol. The minimum absolute atomic E-state index is 0.0293. The first-order valence-electron chi connectivity index (χ1n) is 7.25. The van der Waals surface area contributed by atoms with Gasteiger partial charge in [-0.05, 0) is 25.3 Å². The molecule has 0 aromatic rings. The molecule has 1 rings (SSSR count). The normalized spacial score (nSPS) is 19.9. The predicted octanol–water partition coefficient (Wildman–Crippen LogP) is 0.749. The molecule has 0 spiro atoms. The lowest BCUT2D eigenvalue weighted by Gasteiger charge is -2.23. The Morgan fingerprint density at radius 1 is 1.32 bits per heavy atom. The molecule has 0 bridgehead atoms. The number of nitrogens with zero attached hydrogens (tertiary/aromatic N) is 1. The lowest BCUT2D eigenvalue weighted by molar-refractivity contribution is -0.136. The van der Waals surface area contributed by atoms with E-state index in [-0.39, 0.29) is 24.4 Å². The third-order valence-electron chi connectivity index (χ3n) is 3.32. The molecule has 0 aromatic heterocycles. The molecule has 110 valence electrons. The Morgan fingerprint density at radius 2 is 2.05 bits per heavy atom. The summed E-state index contributed by atoms with van der Waals surface area (Å²) in [5.74, 6) is 0.369. The Kier molecular flexibility index (Phi) is 6.84. The van der Waals surface area contributed by atoms with Gasteiger partial charge in [-0.1, -0.05) is 26.7 Å². The molecule has 1 unspecified atom stereocenters. The largest absolute Gasteiger partial charge is 0.354 e. The van der Waals surface area contributed by atoms with Crippen molar-refractivity contribution in [2.75, 3.05) is 26.7 Å². The van der Waals surface area contributed by atoms with Gasteiger partial charge < -0.3 is 15.5 Å². The van der Waals surface area contributed by atoms with Gasteiger partial charge in [-0.3, -0.25) is 9.59 Å². The maximum absolute atomic E-state index is 12.2. The van der Waals surface area contributed by atoms with Gasteiger partial charge in [-0.2, -0.15) is 0 Å². The summed E-state index contributed by atoms with van der Waals surface area (Å²) in [7, 11) is 1.70. The minimum atomic E-state index is -0.120. The summed E-state index contributed by atoms with van der Waals surface area (Å²) in [5.41, 5.74) is 0. The van der Waals surface area contributed by atoms with Crippen molar-refractivity contribution in [1.82, 2.24) is 15.5 Å². The van der Waals surface area contributed by atoms with Crippen molar-refractivity contribution in [3.8, 4) is 0 Å². The third kappa shape index (κ3) is 6.05. The number of carbonyl (C=O) groups excluding carboxylic acids is 2. The van der Waals surface area contributed by atoms with Crippen molar-refractivity contribution >= 4 is 11.8 Å². The molecule has 5 heteroatoms. The van der Waals surface area contributed by atoms with Crippen LogP contribution in [0.5, 0.6) is 0 Å². The topological polar surface area (TPSA) is 61.4 Å². The van der Waals surface area contributed by atoms with E-state index in [0.29, 0.717) is 12.5 Å². The van der Waals surface area contributed by atoms with Gasteiger partial charge in [0.25, 0.3) is 0 Å². The second kappa shape index (κ2) is 8.15. The summed E-state index contributed by atoms with van der Waals surface area (Å²) in [5, 5.41) is 6.09. The van der Waals surface area contributed by atoms with Gasteiger partial charge in [0.2, 0.25) is 11.8 Å². The molecule has 2 amide bonds. The monoisotopic (exact) mass is 269 g/mol. The summed E-state index contributed by atoms with van der Waals surface area (Å²) in [6, 6.07) is -0.120. The van der Waals surface area contributed by atoms with Gasteiger partial charge in [-0.25, -0.2) is 0 Å². The van der Waals surface area contributed by atoms with E-state index in [1.165, 1.54) is 11.3 Å². The van der Waals surface area contributed by atoms with Crippen molar-refractivity contribution < 1.29 is 9.59 Å². The van der Waals surface area contributed by atoms with Crippen LogP contribution in [0.4, 0.5) is 0 Å². The van der Waals surface area contributed by atoms with Gasteiger partial charge in [0.15, 0.2) is 0 Å². The first-order valence-corrected chi connectivity index (χ1v) is 7.25. The van der Waals surface area contributed by atoms with Crippen LogP contribution in [0.15, 0.2) is 0 Å². The fourth-order valence-corrected chi connectivity index (χ4v) is 2.17. The van der Waals surface area contributed by atoms with E-state index in [9.17, 15) is 9.59 Å². The van der Waals surface area contributed by atoms with Crippen LogP contribution in [-0.4, -0.2) is 49.4 Å². The number of amides is 2. The quantitative estimate of drug-likeness (QED) is 0.774. The van der Waals surface area contributed by atoms with Crippen LogP contribution >= 0.6 is 0 Å². The highest BCUT2D eigenvalue weighted by molar-refractivity contribution is 5.87. The molecule has 1 aliphatic heterocycles. The molecule has 0 aliphatic carbocycles. The second-order valence-electron chi connectivity index (χ2n) is 5.75. The maximum Gasteiger partial charge on any atom is 0.239 e. The Morgan fingerprint density at radius 3 is 2.74 bits per heavy atom. The number of likely N-dealkylation sites (N-methyl/N-ethyl adjacent to an activating group) is 1. The average Bonchev–Trinajstić information content (AvgIpc) is 2.64. The standard InChI is InChI=1S/C14H27N3O2/c1-11(2)9-16-13(18)10-17(3)14(19)12-7-5-4-6-8-15-12/h11-12,15H,4-10H2,1-3H3,(H,16,18). The van der Waals surface area contributed by atoms with E-state index >= 15 is 0 Å². The van der Waals surface area contributed by atoms with Crippen LogP contribution in [0.25, 0.3) is 0 Å². The number of carbonyl (C=O) groups is 2. The van der Waals surface area contributed by atoms with E-state index in [2.05, 4.69) is 10.6 Å². The van der Waals surface area contributed by atoms with Crippen molar-refractivity contribution in [3.63, 3.8) is 0 Å². The van der Waals surface area contributed by atoms with Gasteiger partial charge in [0, 0.05) is 13.6 Å². The van der Waals surface area contributed by atoms with Gasteiger partial charge in [0.05, 0.1) is 12.6 Å². The van der Waals surface area contributed by atoms with E-state index in [0.717, 1.165) is 25.8 Å². The molecular formula is C14H27N3O2. The summed E-state index contributed by atoms with van der Waals surface area (Å²) in [6.07, 6.45) is 4.26. The molecule has 0 saturated carbocycles. The molecule has 1 saturated heterocycles. The van der Waals surface area contributed by atoms with Crippen LogP contribution in [0.3, 0.4) is 0 Å². The molecule has 0 aromatic carbocycles. The van der Waals surface area contributed by atoms with Crippen LogP contribution in [0.2, 0.25) is 0 Å². The van der Waals surface area contributed by atoms with E-state index in [4.69, 9.17) is 0 Å². The van der Waals surface area contributed by atoms with Crippen molar-refractivity contribution in [3.05, 3.63) is 0 Å². The fraction of sp³-hybridized carbons (Fsp3) is 0.857. The zero-order valence-electron chi connectivity index (χ0n) is 12.4. The highest BCUT2D eigenvalue weighted by Gasteiger charge is 2.23. The molecule has 1 aliphatic rings. The van der Waals surface area contributed by atoms with E-state index in [1.807, 2.05) is 13.8 Å². The van der Waals surface area contributed by atoms with Crippen LogP contribution in [0, 0.1) is 5.92 Å². The van der Waals surface area contributed by atoms with Crippen LogP contribution < -0.4 is 10.6 Å². The van der Waals surface area contributed by atoms with Crippen molar-refractivity contribution in [1.29, 1.82) is 0 Å². The summed E-state index contributed by atoms with van der Waals surface area (Å²) in [4.78, 5) is 25.4. The first kappa shape index (κ1) is 16.0. The van der Waals surface area contributed by atoms with Gasteiger partial charge in [0.1, 0.15) is 0 Å². The molecule has 1 heterocycles. The van der Waals surface area contributed by atoms with Crippen LogP contribution in [-0.2, 0) is 9.59 Å². The second-order valence-corrected chi connectivity index (χ2v) is 5.75. The minimum Gasteiger partial charge on any atom is -0.354 e. The Balaban J connectivity index is 2.36. The number of hydrogen-bond acceptors (Lipinski definition) is 3. The van der Waals surface area contributed by atoms with Gasteiger partial charge >= 0.3 is 0 Å². The number of nitrogens with one attached hydrogen (secondary N) is 2. The first-order chi connectivity index (χ1) is 9.00. The SMILES string of the molecule is CC(C)CNC(=O)CN(C)C(=O)C1CCCCCN1. The molecule has 19 heavy (non-hydrogen) atoms. The Hall–Kier alpha value is -1.10. The third-order valence-corrected chi connectivity index (χ3v) is 3.32. The lowest BCUT2D eigenvalue weighted by Crippen LogP contribution is -2.48. The Bertz CT molecular complexity index is 297. The van der Waals surface area contributed by atoms with Crippen molar-refractivity contribution in [2.24, 2.45) is 5.92 Å². The zero-order chi connectivity index (χ0) is 14.3. The highest BCUT2D eigenvalue weighted by Crippen LogP contribution is 2.10. The summed E-state index contributed by atoms with van der Waals surface area (Å²) in [6.45, 7) is 5.78. The predicted molar refractivity (Wildman–Crippen MR) is 75.7 cm³/mol. The van der Waals surface area contributed by atoms with Crippen LogP contribution in [0.1, 0.15) is 39.5 Å². The van der Waals surface area contributed by atoms with E-state index < -0.39 is 0 Å². The van der Waals surface area contributed by atoms with Crippen molar-refractivity contribution in [2.45, 2.75) is 45.6 Å². The summed E-state index contributed by atoms with van der Waals surface area (Å²) < 4.78 is 0. The molecular weight excluding hydrogens is 242 g/mol. The molecule has 0 radical (unpaired) electrons. The van der Waals surface area contributed by atoms with E-state index in [1.54, 1.807) is 7.05 Å². The molecule has 2 N–H and O–H groups in total. The maximum atomic E-state index is 12.2. The summed E-state index contributed by atoms with van der Waals surface area (Å²) >= 11 is 0.